The van der Waals surface area contributed by atoms with E-state index in [0.717, 1.165) is 43.7 Å². The molecule has 0 spiro atoms. The van der Waals surface area contributed by atoms with E-state index in [1.165, 1.54) is 0 Å². The first-order valence-electron chi connectivity index (χ1n) is 9.05. The molecular weight excluding hydrogens is 374 g/mol. The van der Waals surface area contributed by atoms with Crippen LogP contribution in [0.1, 0.15) is 22.8 Å². The number of benzene rings is 2. The Morgan fingerprint density at radius 3 is 2.59 bits per heavy atom. The molecule has 0 saturated heterocycles. The number of likely N-dealkylation sites (N-methyl/N-ethyl adjacent to an activating group) is 1. The fraction of sp³-hybridized carbons (Fsp3) is 0.333. The zero-order valence-electron chi connectivity index (χ0n) is 16.2. The number of aromatic nitrogens is 1. The largest absolute Gasteiger partial charge is 0.308 e. The van der Waals surface area contributed by atoms with Gasteiger partial charge in [0, 0.05) is 18.0 Å². The van der Waals surface area contributed by atoms with E-state index in [-0.39, 0.29) is 5.91 Å². The van der Waals surface area contributed by atoms with Crippen LogP contribution < -0.4 is 4.90 Å². The van der Waals surface area contributed by atoms with Crippen LogP contribution in [0.2, 0.25) is 0 Å². The Hall–Kier alpha value is -1.89. The van der Waals surface area contributed by atoms with Crippen LogP contribution in [0.5, 0.6) is 0 Å². The number of aryl methyl sites for hydroxylation is 1. The van der Waals surface area contributed by atoms with Crippen LogP contribution in [-0.4, -0.2) is 48.7 Å². The molecule has 0 aliphatic carbocycles. The molecule has 0 bridgehead atoms. The highest BCUT2D eigenvalue weighted by Gasteiger charge is 2.23. The number of thioether (sulfide) groups is 1. The molecule has 0 unspecified atom stereocenters. The number of fused-ring (bicyclic) bond motifs is 1. The number of nitrogens with zero attached hydrogens (tertiary/aromatic N) is 3. The van der Waals surface area contributed by atoms with Gasteiger partial charge in [0.25, 0.3) is 5.91 Å². The van der Waals surface area contributed by atoms with Crippen molar-refractivity contribution in [1.29, 1.82) is 0 Å². The van der Waals surface area contributed by atoms with Crippen molar-refractivity contribution in [3.8, 4) is 0 Å². The summed E-state index contributed by atoms with van der Waals surface area (Å²) in [6.45, 7) is 5.55. The molecule has 0 aliphatic rings. The van der Waals surface area contributed by atoms with Gasteiger partial charge in [0.2, 0.25) is 0 Å². The number of amides is 1. The average Bonchev–Trinajstić information content (AvgIpc) is 3.07. The standard InChI is InChI=1S/C21H25N3OS2/c1-5-26-17-11-7-6-10-16(17)20(25)24(14-13-23(3)4)21-22-19-15(2)9-8-12-18(19)27-21/h6-12H,5,13-14H2,1-4H3. The lowest BCUT2D eigenvalue weighted by atomic mass is 10.2. The number of rotatable bonds is 7. The van der Waals surface area contributed by atoms with Crippen molar-refractivity contribution >= 4 is 44.4 Å². The molecule has 3 rings (SSSR count). The first-order valence-corrected chi connectivity index (χ1v) is 10.9. The number of thiazole rings is 1. The molecule has 0 fully saturated rings. The van der Waals surface area contributed by atoms with E-state index in [9.17, 15) is 4.79 Å². The molecule has 2 aromatic carbocycles. The van der Waals surface area contributed by atoms with Gasteiger partial charge < -0.3 is 4.90 Å². The minimum absolute atomic E-state index is 0.0186. The molecule has 0 aliphatic heterocycles. The van der Waals surface area contributed by atoms with Gasteiger partial charge in [0.15, 0.2) is 5.13 Å². The Balaban J connectivity index is 2.02. The predicted molar refractivity (Wildman–Crippen MR) is 117 cm³/mol. The first kappa shape index (κ1) is 19.9. The predicted octanol–water partition coefficient (Wildman–Crippen LogP) is 4.93. The van der Waals surface area contributed by atoms with Crippen molar-refractivity contribution in [3.05, 3.63) is 53.6 Å². The van der Waals surface area contributed by atoms with E-state index in [2.05, 4.69) is 30.9 Å². The summed E-state index contributed by atoms with van der Waals surface area (Å²) < 4.78 is 1.11. The highest BCUT2D eigenvalue weighted by Crippen LogP contribution is 2.32. The van der Waals surface area contributed by atoms with Crippen LogP contribution in [0.4, 0.5) is 5.13 Å². The van der Waals surface area contributed by atoms with E-state index >= 15 is 0 Å². The number of carbonyl (C=O) groups excluding carboxylic acids is 1. The van der Waals surface area contributed by atoms with E-state index in [1.807, 2.05) is 49.3 Å². The number of hydrogen-bond acceptors (Lipinski definition) is 5. The maximum Gasteiger partial charge on any atom is 0.261 e. The van der Waals surface area contributed by atoms with Crippen LogP contribution in [0, 0.1) is 6.92 Å². The summed E-state index contributed by atoms with van der Waals surface area (Å²) >= 11 is 3.28. The molecule has 3 aromatic rings. The monoisotopic (exact) mass is 399 g/mol. The van der Waals surface area contributed by atoms with Crippen LogP contribution in [0.25, 0.3) is 10.2 Å². The fourth-order valence-electron chi connectivity index (χ4n) is 2.84. The number of carbonyl (C=O) groups is 1. The first-order chi connectivity index (χ1) is 13.0. The molecular formula is C21H25N3OS2. The molecule has 0 saturated carbocycles. The number of anilines is 1. The van der Waals surface area contributed by atoms with Gasteiger partial charge in [-0.2, -0.15) is 0 Å². The summed E-state index contributed by atoms with van der Waals surface area (Å²) in [5, 5.41) is 0.766. The summed E-state index contributed by atoms with van der Waals surface area (Å²) in [7, 11) is 4.04. The van der Waals surface area contributed by atoms with Crippen LogP contribution in [0.15, 0.2) is 47.4 Å². The van der Waals surface area contributed by atoms with E-state index in [1.54, 1.807) is 23.1 Å². The smallest absolute Gasteiger partial charge is 0.261 e. The lowest BCUT2D eigenvalue weighted by Crippen LogP contribution is -2.37. The third-order valence-electron chi connectivity index (χ3n) is 4.27. The summed E-state index contributed by atoms with van der Waals surface area (Å²) in [5.74, 6) is 0.951. The van der Waals surface area contributed by atoms with Gasteiger partial charge in [-0.25, -0.2) is 4.98 Å². The van der Waals surface area contributed by atoms with Gasteiger partial charge in [-0.15, -0.1) is 11.8 Å². The minimum atomic E-state index is 0.0186. The highest BCUT2D eigenvalue weighted by atomic mass is 32.2. The van der Waals surface area contributed by atoms with Crippen molar-refractivity contribution in [1.82, 2.24) is 9.88 Å². The van der Waals surface area contributed by atoms with Crippen molar-refractivity contribution < 1.29 is 4.79 Å². The topological polar surface area (TPSA) is 36.4 Å². The zero-order chi connectivity index (χ0) is 19.4. The molecule has 27 heavy (non-hydrogen) atoms. The van der Waals surface area contributed by atoms with Gasteiger partial charge in [0.05, 0.1) is 15.8 Å². The SMILES string of the molecule is CCSc1ccccc1C(=O)N(CCN(C)C)c1nc2c(C)cccc2s1. The molecule has 0 radical (unpaired) electrons. The van der Waals surface area contributed by atoms with Gasteiger partial charge >= 0.3 is 0 Å². The fourth-order valence-corrected chi connectivity index (χ4v) is 4.71. The van der Waals surface area contributed by atoms with Crippen LogP contribution in [0.3, 0.4) is 0 Å². The van der Waals surface area contributed by atoms with E-state index in [0.29, 0.717) is 6.54 Å². The van der Waals surface area contributed by atoms with Gasteiger partial charge in [0.1, 0.15) is 0 Å². The van der Waals surface area contributed by atoms with Crippen molar-refractivity contribution in [3.63, 3.8) is 0 Å². The number of para-hydroxylation sites is 1. The molecule has 142 valence electrons. The Morgan fingerprint density at radius 2 is 1.89 bits per heavy atom. The Kier molecular flexibility index (Phi) is 6.52. The van der Waals surface area contributed by atoms with E-state index < -0.39 is 0 Å². The van der Waals surface area contributed by atoms with Gasteiger partial charge in [-0.3, -0.25) is 9.69 Å². The maximum absolute atomic E-state index is 13.5. The molecule has 1 aromatic heterocycles. The molecule has 1 heterocycles. The molecule has 4 nitrogen and oxygen atoms in total. The summed E-state index contributed by atoms with van der Waals surface area (Å²) in [5.41, 5.74) is 2.87. The van der Waals surface area contributed by atoms with Crippen LogP contribution in [-0.2, 0) is 0 Å². The molecule has 6 heteroatoms. The lowest BCUT2D eigenvalue weighted by molar-refractivity contribution is 0.0982. The lowest BCUT2D eigenvalue weighted by Gasteiger charge is -2.23. The average molecular weight is 400 g/mol. The normalized spacial score (nSPS) is 11.3. The van der Waals surface area contributed by atoms with Crippen LogP contribution >= 0.6 is 23.1 Å². The second-order valence-corrected chi connectivity index (χ2v) is 8.92. The Labute approximate surface area is 169 Å². The summed E-state index contributed by atoms with van der Waals surface area (Å²) in [6.07, 6.45) is 0. The summed E-state index contributed by atoms with van der Waals surface area (Å²) in [4.78, 5) is 23.2. The second-order valence-electron chi connectivity index (χ2n) is 6.61. The van der Waals surface area contributed by atoms with Gasteiger partial charge in [-0.05, 0) is 50.5 Å². The third-order valence-corrected chi connectivity index (χ3v) is 6.27. The minimum Gasteiger partial charge on any atom is -0.308 e. The van der Waals surface area contributed by atoms with E-state index in [4.69, 9.17) is 4.98 Å². The molecule has 1 amide bonds. The Morgan fingerprint density at radius 1 is 1.11 bits per heavy atom. The number of hydrogen-bond donors (Lipinski definition) is 0. The molecule has 0 atom stereocenters. The molecule has 0 N–H and O–H groups in total. The van der Waals surface area contributed by atoms with Crippen molar-refractivity contribution in [2.45, 2.75) is 18.7 Å². The second kappa shape index (κ2) is 8.87. The van der Waals surface area contributed by atoms with Gasteiger partial charge in [-0.1, -0.05) is 42.5 Å². The summed E-state index contributed by atoms with van der Waals surface area (Å²) in [6, 6.07) is 14.0. The quantitative estimate of drug-likeness (QED) is 0.528. The van der Waals surface area contributed by atoms with Crippen molar-refractivity contribution in [2.24, 2.45) is 0 Å². The maximum atomic E-state index is 13.5. The van der Waals surface area contributed by atoms with Crippen molar-refractivity contribution in [2.75, 3.05) is 37.8 Å². The Bertz CT molecular complexity index is 936. The zero-order valence-corrected chi connectivity index (χ0v) is 17.9. The highest BCUT2D eigenvalue weighted by molar-refractivity contribution is 7.99. The third kappa shape index (κ3) is 4.51.